The summed E-state index contributed by atoms with van der Waals surface area (Å²) in [5.74, 6) is -1.33. The number of carboxylic acids is 1. The van der Waals surface area contributed by atoms with Crippen molar-refractivity contribution in [2.45, 2.75) is 46.1 Å². The molecule has 0 spiro atoms. The molecule has 35 heavy (non-hydrogen) atoms. The Morgan fingerprint density at radius 1 is 1.03 bits per heavy atom. The van der Waals surface area contributed by atoms with Gasteiger partial charge in [0.15, 0.2) is 0 Å². The number of rotatable bonds is 9. The Morgan fingerprint density at radius 2 is 1.60 bits per heavy atom. The first-order valence-corrected chi connectivity index (χ1v) is 12.2. The number of carbonyl (C=O) groups is 3. The summed E-state index contributed by atoms with van der Waals surface area (Å²) in [6.45, 7) is 7.66. The lowest BCUT2D eigenvalue weighted by Gasteiger charge is -2.34. The molecule has 3 N–H and O–H groups in total. The van der Waals surface area contributed by atoms with Crippen LogP contribution in [-0.2, 0) is 14.3 Å². The summed E-state index contributed by atoms with van der Waals surface area (Å²) in [7, 11) is 0. The molecule has 0 saturated heterocycles. The molecule has 1 unspecified atom stereocenters. The lowest BCUT2D eigenvalue weighted by atomic mass is 9.78. The highest BCUT2D eigenvalue weighted by Gasteiger charge is 2.46. The Hall–Kier alpha value is -3.35. The molecule has 0 bridgehead atoms. The van der Waals surface area contributed by atoms with Crippen molar-refractivity contribution in [2.75, 3.05) is 13.2 Å². The van der Waals surface area contributed by atoms with E-state index in [4.69, 9.17) is 4.74 Å². The molecule has 0 heterocycles. The van der Waals surface area contributed by atoms with Crippen molar-refractivity contribution in [1.82, 2.24) is 10.6 Å². The van der Waals surface area contributed by atoms with Gasteiger partial charge in [-0.05, 0) is 54.4 Å². The molecule has 4 rings (SSSR count). The highest BCUT2D eigenvalue weighted by molar-refractivity contribution is 5.84. The normalized spacial score (nSPS) is 19.5. The van der Waals surface area contributed by atoms with Crippen molar-refractivity contribution in [1.29, 1.82) is 0 Å². The fourth-order valence-corrected chi connectivity index (χ4v) is 5.23. The number of benzene rings is 2. The third-order valence-electron chi connectivity index (χ3n) is 7.40. The zero-order chi connectivity index (χ0) is 25.3. The molecule has 186 valence electrons. The maximum Gasteiger partial charge on any atom is 0.407 e. The molecule has 7 nitrogen and oxygen atoms in total. The summed E-state index contributed by atoms with van der Waals surface area (Å²) in [6.07, 6.45) is 0.165. The van der Waals surface area contributed by atoms with Crippen molar-refractivity contribution in [3.63, 3.8) is 0 Å². The molecule has 0 aliphatic heterocycles. The van der Waals surface area contributed by atoms with Crippen LogP contribution in [0.3, 0.4) is 0 Å². The molecule has 1 fully saturated rings. The topological polar surface area (TPSA) is 105 Å². The molecule has 2 aromatic rings. The predicted molar refractivity (Wildman–Crippen MR) is 133 cm³/mol. The second-order valence-electron chi connectivity index (χ2n) is 10.6. The maximum absolute atomic E-state index is 12.7. The minimum absolute atomic E-state index is 0.00171. The van der Waals surface area contributed by atoms with Gasteiger partial charge in [0.25, 0.3) is 0 Å². The van der Waals surface area contributed by atoms with E-state index < -0.39 is 23.5 Å². The van der Waals surface area contributed by atoms with Crippen LogP contribution in [0.25, 0.3) is 11.1 Å². The van der Waals surface area contributed by atoms with Crippen LogP contribution in [0, 0.1) is 23.2 Å². The Labute approximate surface area is 206 Å². The monoisotopic (exact) mass is 478 g/mol. The van der Waals surface area contributed by atoms with Crippen molar-refractivity contribution >= 4 is 18.0 Å². The first-order valence-electron chi connectivity index (χ1n) is 12.2. The third-order valence-corrected chi connectivity index (χ3v) is 7.40. The fraction of sp³-hybridized carbons (Fsp3) is 0.464. The summed E-state index contributed by atoms with van der Waals surface area (Å²) in [6, 6.07) is 15.9. The number of fused-ring (bicyclic) bond motifs is 3. The molecular weight excluding hydrogens is 444 g/mol. The van der Waals surface area contributed by atoms with Crippen LogP contribution >= 0.6 is 0 Å². The number of ether oxygens (including phenoxy) is 1. The molecule has 7 heteroatoms. The molecule has 0 aromatic heterocycles. The minimum Gasteiger partial charge on any atom is -0.481 e. The van der Waals surface area contributed by atoms with Gasteiger partial charge in [0.2, 0.25) is 5.91 Å². The number of alkyl carbamates (subject to hydrolysis) is 1. The van der Waals surface area contributed by atoms with Crippen molar-refractivity contribution in [3.05, 3.63) is 59.7 Å². The van der Waals surface area contributed by atoms with Crippen LogP contribution in [0.5, 0.6) is 0 Å². The largest absolute Gasteiger partial charge is 0.481 e. The number of hydrogen-bond acceptors (Lipinski definition) is 4. The number of carboxylic acid groups (broad SMARTS) is 1. The summed E-state index contributed by atoms with van der Waals surface area (Å²) in [5.41, 5.74) is 3.59. The number of aliphatic carboxylic acids is 1. The quantitative estimate of drug-likeness (QED) is 0.495. The summed E-state index contributed by atoms with van der Waals surface area (Å²) >= 11 is 0. The highest BCUT2D eigenvalue weighted by Crippen LogP contribution is 2.44. The average Bonchev–Trinajstić information content (AvgIpc) is 3.54. The van der Waals surface area contributed by atoms with E-state index >= 15 is 0 Å². The first-order chi connectivity index (χ1) is 16.6. The van der Waals surface area contributed by atoms with Crippen LogP contribution in [0.1, 0.15) is 51.2 Å². The second-order valence-corrected chi connectivity index (χ2v) is 10.6. The van der Waals surface area contributed by atoms with E-state index in [1.807, 2.05) is 38.1 Å². The van der Waals surface area contributed by atoms with Crippen LogP contribution in [0.2, 0.25) is 0 Å². The highest BCUT2D eigenvalue weighted by atomic mass is 16.5. The van der Waals surface area contributed by atoms with E-state index in [1.54, 1.807) is 13.8 Å². The summed E-state index contributed by atoms with van der Waals surface area (Å²) in [5, 5.41) is 15.3. The smallest absolute Gasteiger partial charge is 0.407 e. The van der Waals surface area contributed by atoms with E-state index in [2.05, 4.69) is 34.9 Å². The number of amides is 2. The lowest BCUT2D eigenvalue weighted by molar-refractivity contribution is -0.150. The van der Waals surface area contributed by atoms with Gasteiger partial charge in [-0.2, -0.15) is 0 Å². The second kappa shape index (κ2) is 9.72. The molecule has 2 amide bonds. The van der Waals surface area contributed by atoms with E-state index in [9.17, 15) is 19.5 Å². The molecule has 2 aliphatic rings. The van der Waals surface area contributed by atoms with Gasteiger partial charge in [-0.1, -0.05) is 62.4 Å². The van der Waals surface area contributed by atoms with Crippen LogP contribution in [0.15, 0.2) is 48.5 Å². The van der Waals surface area contributed by atoms with Gasteiger partial charge in [-0.25, -0.2) is 4.79 Å². The molecule has 0 radical (unpaired) electrons. The van der Waals surface area contributed by atoms with Gasteiger partial charge < -0.3 is 20.5 Å². The van der Waals surface area contributed by atoms with Crippen molar-refractivity contribution in [3.8, 4) is 11.1 Å². The van der Waals surface area contributed by atoms with Gasteiger partial charge in [-0.15, -0.1) is 0 Å². The fourth-order valence-electron chi connectivity index (χ4n) is 5.23. The van der Waals surface area contributed by atoms with E-state index in [0.29, 0.717) is 13.0 Å². The van der Waals surface area contributed by atoms with Crippen LogP contribution in [-0.4, -0.2) is 42.3 Å². The van der Waals surface area contributed by atoms with Gasteiger partial charge >= 0.3 is 12.1 Å². The lowest BCUT2D eigenvalue weighted by Crippen LogP contribution is -2.52. The Kier molecular flexibility index (Phi) is 6.88. The predicted octanol–water partition coefficient (Wildman–Crippen LogP) is 4.41. The zero-order valence-corrected chi connectivity index (χ0v) is 20.7. The first kappa shape index (κ1) is 24.8. The number of hydrogen-bond donors (Lipinski definition) is 3. The van der Waals surface area contributed by atoms with E-state index in [0.717, 1.165) is 11.1 Å². The summed E-state index contributed by atoms with van der Waals surface area (Å²) < 4.78 is 5.56. The molecule has 3 atom stereocenters. The average molecular weight is 479 g/mol. The van der Waals surface area contributed by atoms with Gasteiger partial charge in [0.05, 0.1) is 5.41 Å². The Morgan fingerprint density at radius 3 is 2.14 bits per heavy atom. The minimum atomic E-state index is -1.08. The van der Waals surface area contributed by atoms with Crippen molar-refractivity contribution in [2.24, 2.45) is 23.2 Å². The molecule has 1 saturated carbocycles. The zero-order valence-electron chi connectivity index (χ0n) is 20.7. The van der Waals surface area contributed by atoms with E-state index in [-0.39, 0.29) is 36.2 Å². The number of carbonyl (C=O) groups excluding carboxylic acids is 2. The molecular formula is C28H34N2O5. The standard InChI is InChI=1S/C28H34N2O5/c1-16(2)24(28(3,4)26(32)33)30-25(31)22-13-17(22)14-29-27(34)35-15-23-20-11-7-5-9-18(20)19-10-6-8-12-21(19)23/h5-12,16-17,22-24H,13-15H2,1-4H3,(H,29,34)(H,30,31)(H,32,33)/t17-,22-,24?/m0/s1. The van der Waals surface area contributed by atoms with Gasteiger partial charge in [0.1, 0.15) is 6.61 Å². The third kappa shape index (κ3) is 5.04. The Balaban J connectivity index is 1.26. The number of nitrogens with one attached hydrogen (secondary N) is 2. The Bertz CT molecular complexity index is 1080. The maximum atomic E-state index is 12.7. The van der Waals surface area contributed by atoms with Crippen LogP contribution < -0.4 is 10.6 Å². The molecule has 2 aromatic carbocycles. The molecule has 2 aliphatic carbocycles. The SMILES string of the molecule is CC(C)C(NC(=O)[C@H]1C[C@H]1CNC(=O)OCC1c2ccccc2-c2ccccc21)C(C)(C)C(=O)O. The van der Waals surface area contributed by atoms with Crippen LogP contribution in [0.4, 0.5) is 4.79 Å². The van der Waals surface area contributed by atoms with Crippen molar-refractivity contribution < 1.29 is 24.2 Å². The van der Waals surface area contributed by atoms with Gasteiger partial charge in [-0.3, -0.25) is 9.59 Å². The van der Waals surface area contributed by atoms with Gasteiger partial charge in [0, 0.05) is 24.4 Å². The summed E-state index contributed by atoms with van der Waals surface area (Å²) in [4.78, 5) is 36.8. The van der Waals surface area contributed by atoms with E-state index in [1.165, 1.54) is 11.1 Å².